The Morgan fingerprint density at radius 3 is 2.64 bits per heavy atom. The number of amides is 2. The topological polar surface area (TPSA) is 96.4 Å². The molecule has 2 aromatic carbocycles. The summed E-state index contributed by atoms with van der Waals surface area (Å²) in [5.41, 5.74) is 0.957. The van der Waals surface area contributed by atoms with Crippen LogP contribution < -0.4 is 4.90 Å². The number of likely N-dealkylation sites (tertiary alicyclic amines) is 1. The molecule has 6 atom stereocenters. The number of para-hydroxylation sites is 1. The molecule has 0 aromatic heterocycles. The molecule has 1 spiro atoms. The number of hydrogen-bond donors (Lipinski definition) is 1. The van der Waals surface area contributed by atoms with Crippen molar-refractivity contribution >= 4 is 35.1 Å². The Morgan fingerprint density at radius 1 is 1.21 bits per heavy atom. The molecule has 0 radical (unpaired) electrons. The van der Waals surface area contributed by atoms with Crippen molar-refractivity contribution in [3.8, 4) is 0 Å². The third-order valence-electron chi connectivity index (χ3n) is 8.76. The van der Waals surface area contributed by atoms with Crippen LogP contribution in [0.5, 0.6) is 0 Å². The molecule has 2 unspecified atom stereocenters. The quantitative estimate of drug-likeness (QED) is 0.225. The molecule has 2 bridgehead atoms. The number of carbonyl (C=O) groups is 3. The molecule has 2 amide bonds. The van der Waals surface area contributed by atoms with Crippen LogP contribution in [0.1, 0.15) is 30.4 Å². The molecular formula is C33H37ClN2O6. The van der Waals surface area contributed by atoms with Crippen LogP contribution in [0, 0.1) is 18.8 Å². The number of aryl methyl sites for hydroxylation is 1. The third kappa shape index (κ3) is 5.06. The average Bonchev–Trinajstić information content (AvgIpc) is 3.63. The van der Waals surface area contributed by atoms with Crippen molar-refractivity contribution in [3.63, 3.8) is 0 Å². The highest BCUT2D eigenvalue weighted by molar-refractivity contribution is 6.34. The lowest BCUT2D eigenvalue weighted by atomic mass is 9.70. The van der Waals surface area contributed by atoms with Crippen LogP contribution in [-0.2, 0) is 30.3 Å². The van der Waals surface area contributed by atoms with Gasteiger partial charge in [0.1, 0.15) is 11.6 Å². The molecule has 3 fully saturated rings. The Bertz CT molecular complexity index is 1350. The first-order chi connectivity index (χ1) is 20.3. The Hall–Kier alpha value is -3.46. The van der Waals surface area contributed by atoms with Gasteiger partial charge in [-0.1, -0.05) is 66.2 Å². The maximum atomic E-state index is 14.8. The minimum Gasteiger partial charge on any atom is -0.465 e. The van der Waals surface area contributed by atoms with E-state index in [1.54, 1.807) is 18.2 Å². The third-order valence-corrected chi connectivity index (χ3v) is 9.07. The molecule has 3 saturated heterocycles. The van der Waals surface area contributed by atoms with Crippen molar-refractivity contribution in [1.82, 2.24) is 4.90 Å². The fourth-order valence-corrected chi connectivity index (χ4v) is 7.36. The van der Waals surface area contributed by atoms with Gasteiger partial charge in [0.25, 0.3) is 5.91 Å². The predicted molar refractivity (Wildman–Crippen MR) is 160 cm³/mol. The fourth-order valence-electron chi connectivity index (χ4n) is 7.04. The van der Waals surface area contributed by atoms with Gasteiger partial charge in [0, 0.05) is 6.54 Å². The van der Waals surface area contributed by atoms with Gasteiger partial charge in [0.2, 0.25) is 5.91 Å². The molecule has 0 aliphatic carbocycles. The number of benzene rings is 2. The maximum absolute atomic E-state index is 14.8. The maximum Gasteiger partial charge on any atom is 0.312 e. The van der Waals surface area contributed by atoms with Crippen LogP contribution in [0.25, 0.3) is 0 Å². The van der Waals surface area contributed by atoms with E-state index in [4.69, 9.17) is 21.1 Å². The molecule has 0 saturated carbocycles. The summed E-state index contributed by atoms with van der Waals surface area (Å²) in [6.07, 6.45) is 4.46. The van der Waals surface area contributed by atoms with Crippen molar-refractivity contribution in [3.05, 3.63) is 90.0 Å². The molecule has 3 heterocycles. The van der Waals surface area contributed by atoms with E-state index in [0.29, 0.717) is 36.4 Å². The zero-order chi connectivity index (χ0) is 30.0. The summed E-state index contributed by atoms with van der Waals surface area (Å²) in [5.74, 6) is -3.05. The molecule has 3 aliphatic heterocycles. The molecule has 42 heavy (non-hydrogen) atoms. The van der Waals surface area contributed by atoms with Gasteiger partial charge in [0.15, 0.2) is 0 Å². The molecule has 9 heteroatoms. The number of hydrogen-bond acceptors (Lipinski definition) is 6. The van der Waals surface area contributed by atoms with Crippen LogP contribution in [-0.4, -0.2) is 71.3 Å². The monoisotopic (exact) mass is 592 g/mol. The van der Waals surface area contributed by atoms with Gasteiger partial charge in [-0.05, 0) is 49.8 Å². The van der Waals surface area contributed by atoms with Crippen LogP contribution >= 0.6 is 11.6 Å². The number of nitrogens with zero attached hydrogens (tertiary/aromatic N) is 2. The van der Waals surface area contributed by atoms with E-state index in [9.17, 15) is 19.5 Å². The number of ether oxygens (including phenoxy) is 2. The summed E-state index contributed by atoms with van der Waals surface area (Å²) in [6.45, 7) is 9.31. The summed E-state index contributed by atoms with van der Waals surface area (Å²) >= 11 is 6.64. The highest BCUT2D eigenvalue weighted by Gasteiger charge is 2.75. The lowest BCUT2D eigenvalue weighted by molar-refractivity contribution is -0.155. The van der Waals surface area contributed by atoms with Gasteiger partial charge in [0.05, 0.1) is 47.9 Å². The van der Waals surface area contributed by atoms with E-state index in [2.05, 4.69) is 13.2 Å². The summed E-state index contributed by atoms with van der Waals surface area (Å²) in [7, 11) is 0. The first kappa shape index (κ1) is 30.0. The molecule has 5 rings (SSSR count). The summed E-state index contributed by atoms with van der Waals surface area (Å²) in [6, 6.07) is 13.1. The number of carbonyl (C=O) groups excluding carboxylic acids is 3. The van der Waals surface area contributed by atoms with Crippen molar-refractivity contribution in [1.29, 1.82) is 0 Å². The van der Waals surface area contributed by atoms with Crippen molar-refractivity contribution in [2.45, 2.75) is 56.4 Å². The molecule has 2 aromatic rings. The van der Waals surface area contributed by atoms with Crippen LogP contribution in [0.15, 0.2) is 73.8 Å². The predicted octanol–water partition coefficient (Wildman–Crippen LogP) is 4.26. The number of esters is 1. The van der Waals surface area contributed by atoms with E-state index >= 15 is 0 Å². The van der Waals surface area contributed by atoms with Gasteiger partial charge in [-0.2, -0.15) is 0 Å². The van der Waals surface area contributed by atoms with Crippen molar-refractivity contribution < 1.29 is 29.0 Å². The SMILES string of the molecule is C=CCCOC(=O)[C@@H]1[C@H]2C(=O)N([C@@H](CO)Cc3ccccc3)C(C(=O)N(CC=C)c3c(C)cccc3Cl)C23CC[C@H]1O3. The number of aliphatic hydroxyl groups excluding tert-OH is 1. The number of halogens is 1. The minimum absolute atomic E-state index is 0.140. The normalized spacial score (nSPS) is 26.5. The largest absolute Gasteiger partial charge is 0.465 e. The van der Waals surface area contributed by atoms with Gasteiger partial charge in [-0.3, -0.25) is 14.4 Å². The minimum atomic E-state index is -1.25. The number of anilines is 1. The Balaban J connectivity index is 1.60. The smallest absolute Gasteiger partial charge is 0.312 e. The van der Waals surface area contributed by atoms with Crippen LogP contribution in [0.2, 0.25) is 5.02 Å². The van der Waals surface area contributed by atoms with Crippen molar-refractivity contribution in [2.24, 2.45) is 11.8 Å². The van der Waals surface area contributed by atoms with Gasteiger partial charge >= 0.3 is 5.97 Å². The lowest BCUT2D eigenvalue weighted by Crippen LogP contribution is -2.59. The highest BCUT2D eigenvalue weighted by atomic mass is 35.5. The van der Waals surface area contributed by atoms with E-state index in [-0.39, 0.29) is 25.7 Å². The van der Waals surface area contributed by atoms with Crippen molar-refractivity contribution in [2.75, 3.05) is 24.7 Å². The van der Waals surface area contributed by atoms with E-state index in [1.165, 1.54) is 9.80 Å². The summed E-state index contributed by atoms with van der Waals surface area (Å²) < 4.78 is 12.1. The van der Waals surface area contributed by atoms with Crippen LogP contribution in [0.3, 0.4) is 0 Å². The molecule has 1 N–H and O–H groups in total. The average molecular weight is 593 g/mol. The Kier molecular flexibility index (Phi) is 8.87. The van der Waals surface area contributed by atoms with Gasteiger partial charge in [-0.15, -0.1) is 13.2 Å². The summed E-state index contributed by atoms with van der Waals surface area (Å²) in [5, 5.41) is 11.1. The molecule has 3 aliphatic rings. The number of fused-ring (bicyclic) bond motifs is 1. The number of rotatable bonds is 12. The van der Waals surface area contributed by atoms with E-state index in [1.807, 2.05) is 49.4 Å². The van der Waals surface area contributed by atoms with E-state index < -0.39 is 47.5 Å². The zero-order valence-electron chi connectivity index (χ0n) is 23.8. The lowest BCUT2D eigenvalue weighted by Gasteiger charge is -2.39. The van der Waals surface area contributed by atoms with E-state index in [0.717, 1.165) is 11.1 Å². The zero-order valence-corrected chi connectivity index (χ0v) is 24.5. The van der Waals surface area contributed by atoms with Crippen LogP contribution in [0.4, 0.5) is 5.69 Å². The first-order valence-electron chi connectivity index (χ1n) is 14.4. The Labute approximate surface area is 251 Å². The molecular weight excluding hydrogens is 556 g/mol. The second-order valence-electron chi connectivity index (χ2n) is 11.2. The summed E-state index contributed by atoms with van der Waals surface area (Å²) in [4.78, 5) is 45.7. The Morgan fingerprint density at radius 2 is 1.98 bits per heavy atom. The highest BCUT2D eigenvalue weighted by Crippen LogP contribution is 2.59. The van der Waals surface area contributed by atoms with Gasteiger partial charge < -0.3 is 24.4 Å². The molecule has 8 nitrogen and oxygen atoms in total. The second-order valence-corrected chi connectivity index (χ2v) is 11.6. The standard InChI is InChI=1S/C33H37ClN2O6/c1-4-6-18-41-32(40)26-25-15-16-33(42-25)27(26)30(38)36(23(20-37)19-22-12-8-7-9-13-22)29(33)31(39)35(17-5-2)28-21(3)11-10-14-24(28)34/h4-5,7-14,23,25-27,29,37H,1-2,6,15-20H2,3H3/t23-,25-,26+,27+,29?,33?/m1/s1. The van der Waals surface area contributed by atoms with Gasteiger partial charge in [-0.25, -0.2) is 0 Å². The fraction of sp³-hybridized carbons (Fsp3) is 0.424. The first-order valence-corrected chi connectivity index (χ1v) is 14.8. The molecule has 222 valence electrons. The number of aliphatic hydroxyl groups is 1. The second kappa shape index (κ2) is 12.4.